The third-order valence-electron chi connectivity index (χ3n) is 5.17. The van der Waals surface area contributed by atoms with Crippen LogP contribution in [-0.2, 0) is 11.3 Å². The number of rotatable bonds is 6. The first-order valence-electron chi connectivity index (χ1n) is 10.4. The summed E-state index contributed by atoms with van der Waals surface area (Å²) in [7, 11) is 0. The Morgan fingerprint density at radius 3 is 2.44 bits per heavy atom. The number of nitrogens with zero attached hydrogens (tertiary/aromatic N) is 2. The van der Waals surface area contributed by atoms with Crippen molar-refractivity contribution in [3.63, 3.8) is 0 Å². The van der Waals surface area contributed by atoms with Gasteiger partial charge in [-0.3, -0.25) is 9.69 Å². The van der Waals surface area contributed by atoms with Crippen LogP contribution in [0, 0.1) is 13.8 Å². The normalized spacial score (nSPS) is 11.5. The molecule has 0 bridgehead atoms. The lowest BCUT2D eigenvalue weighted by atomic mass is 10.1. The van der Waals surface area contributed by atoms with E-state index in [2.05, 4.69) is 26.0 Å². The highest BCUT2D eigenvalue weighted by Crippen LogP contribution is 2.34. The van der Waals surface area contributed by atoms with Gasteiger partial charge in [0.25, 0.3) is 5.91 Å². The van der Waals surface area contributed by atoms with Gasteiger partial charge in [0.1, 0.15) is 5.75 Å². The van der Waals surface area contributed by atoms with Gasteiger partial charge in [-0.1, -0.05) is 59.3 Å². The van der Waals surface area contributed by atoms with E-state index in [1.807, 2.05) is 30.3 Å². The van der Waals surface area contributed by atoms with Crippen LogP contribution < -0.4 is 9.64 Å². The van der Waals surface area contributed by atoms with E-state index < -0.39 is 5.60 Å². The molecule has 1 aromatic heterocycles. The van der Waals surface area contributed by atoms with Crippen LogP contribution in [0.5, 0.6) is 5.75 Å². The Bertz CT molecular complexity index is 1250. The average Bonchev–Trinajstić information content (AvgIpc) is 3.18. The first-order valence-corrected chi connectivity index (χ1v) is 11.6. The monoisotopic (exact) mass is 464 g/mol. The summed E-state index contributed by atoms with van der Waals surface area (Å²) in [4.78, 5) is 20.4. The van der Waals surface area contributed by atoms with Crippen molar-refractivity contribution in [1.82, 2.24) is 4.98 Å². The maximum absolute atomic E-state index is 13.8. The van der Waals surface area contributed by atoms with Crippen molar-refractivity contribution >= 4 is 44.2 Å². The summed E-state index contributed by atoms with van der Waals surface area (Å²) >= 11 is 7.52. The summed E-state index contributed by atoms with van der Waals surface area (Å²) in [6, 6.07) is 21.2. The fraction of sp³-hybridized carbons (Fsp3) is 0.231. The summed E-state index contributed by atoms with van der Waals surface area (Å²) in [6.45, 7) is 8.11. The largest absolute Gasteiger partial charge is 0.478 e. The zero-order valence-electron chi connectivity index (χ0n) is 18.6. The third-order valence-corrected chi connectivity index (χ3v) is 6.65. The van der Waals surface area contributed by atoms with Gasteiger partial charge in [0.05, 0.1) is 16.8 Å². The number of halogens is 1. The molecule has 6 heteroatoms. The van der Waals surface area contributed by atoms with E-state index in [1.54, 1.807) is 43.0 Å². The highest BCUT2D eigenvalue weighted by atomic mass is 35.5. The molecule has 164 valence electrons. The number of carbonyl (C=O) groups excluding carboxylic acids is 1. The summed E-state index contributed by atoms with van der Waals surface area (Å²) < 4.78 is 7.19. The van der Waals surface area contributed by atoms with Crippen LogP contribution in [-0.4, -0.2) is 16.5 Å². The summed E-state index contributed by atoms with van der Waals surface area (Å²) in [5.74, 6) is 0.424. The van der Waals surface area contributed by atoms with E-state index in [0.717, 1.165) is 26.9 Å². The van der Waals surface area contributed by atoms with Crippen molar-refractivity contribution in [1.29, 1.82) is 0 Å². The van der Waals surface area contributed by atoms with Crippen LogP contribution in [0.4, 0.5) is 5.13 Å². The fourth-order valence-corrected chi connectivity index (χ4v) is 4.78. The molecule has 0 unspecified atom stereocenters. The van der Waals surface area contributed by atoms with Gasteiger partial charge in [-0.05, 0) is 74.7 Å². The zero-order chi connectivity index (χ0) is 22.9. The molecule has 4 rings (SSSR count). The molecule has 4 nitrogen and oxygen atoms in total. The maximum Gasteiger partial charge on any atom is 0.272 e. The molecule has 0 atom stereocenters. The molecule has 0 aliphatic carbocycles. The molecule has 0 saturated carbocycles. The number of anilines is 1. The number of fused-ring (bicyclic) bond motifs is 1. The second-order valence-electron chi connectivity index (χ2n) is 8.37. The minimum Gasteiger partial charge on any atom is -0.478 e. The predicted octanol–water partition coefficient (Wildman–Crippen LogP) is 6.96. The highest BCUT2D eigenvalue weighted by Gasteiger charge is 2.36. The molecule has 0 spiro atoms. The molecule has 0 saturated heterocycles. The Labute approximate surface area is 197 Å². The van der Waals surface area contributed by atoms with Gasteiger partial charge in [-0.2, -0.15) is 0 Å². The number of ether oxygens (including phenoxy) is 1. The number of carbonyl (C=O) groups is 1. The smallest absolute Gasteiger partial charge is 0.272 e. The molecule has 1 heterocycles. The lowest BCUT2D eigenvalue weighted by Gasteiger charge is -2.31. The predicted molar refractivity (Wildman–Crippen MR) is 133 cm³/mol. The SMILES string of the molecule is Cc1cc(C)c2sc(N(Cc3ccccc3)C(=O)C(C)(C)Oc3ccc(Cl)cc3)nc2c1. The quantitative estimate of drug-likeness (QED) is 0.310. The molecule has 4 aromatic rings. The summed E-state index contributed by atoms with van der Waals surface area (Å²) in [6.07, 6.45) is 0. The Morgan fingerprint density at radius 2 is 1.75 bits per heavy atom. The molecule has 0 aliphatic heterocycles. The molecule has 32 heavy (non-hydrogen) atoms. The van der Waals surface area contributed by atoms with Crippen LogP contribution >= 0.6 is 22.9 Å². The summed E-state index contributed by atoms with van der Waals surface area (Å²) in [5.41, 5.74) is 3.14. The lowest BCUT2D eigenvalue weighted by Crippen LogP contribution is -2.48. The number of aromatic nitrogens is 1. The second-order valence-corrected chi connectivity index (χ2v) is 9.78. The van der Waals surface area contributed by atoms with E-state index >= 15 is 0 Å². The van der Waals surface area contributed by atoms with E-state index in [4.69, 9.17) is 21.3 Å². The topological polar surface area (TPSA) is 42.4 Å². The van der Waals surface area contributed by atoms with E-state index in [1.165, 1.54) is 11.3 Å². The van der Waals surface area contributed by atoms with Gasteiger partial charge in [-0.25, -0.2) is 4.98 Å². The van der Waals surface area contributed by atoms with Crippen molar-refractivity contribution in [2.45, 2.75) is 39.8 Å². The van der Waals surface area contributed by atoms with Crippen LogP contribution in [0.1, 0.15) is 30.5 Å². The van der Waals surface area contributed by atoms with Gasteiger partial charge in [0, 0.05) is 5.02 Å². The Kier molecular flexibility index (Phi) is 6.22. The van der Waals surface area contributed by atoms with Gasteiger partial charge in [0.2, 0.25) is 0 Å². The van der Waals surface area contributed by atoms with E-state index in [9.17, 15) is 4.79 Å². The van der Waals surface area contributed by atoms with Crippen LogP contribution in [0.3, 0.4) is 0 Å². The van der Waals surface area contributed by atoms with E-state index in [0.29, 0.717) is 22.4 Å². The Morgan fingerprint density at radius 1 is 1.06 bits per heavy atom. The molecule has 3 aromatic carbocycles. The first-order chi connectivity index (χ1) is 15.2. The number of thiazole rings is 1. The Balaban J connectivity index is 1.72. The molecule has 0 N–H and O–H groups in total. The number of aryl methyl sites for hydroxylation is 2. The summed E-state index contributed by atoms with van der Waals surface area (Å²) in [5, 5.41) is 1.28. The van der Waals surface area contributed by atoms with Crippen molar-refractivity contribution in [3.05, 3.63) is 88.4 Å². The fourth-order valence-electron chi connectivity index (χ4n) is 3.64. The van der Waals surface area contributed by atoms with Gasteiger partial charge in [0.15, 0.2) is 10.7 Å². The number of benzene rings is 3. The van der Waals surface area contributed by atoms with Crippen molar-refractivity contribution < 1.29 is 9.53 Å². The minimum atomic E-state index is -1.11. The van der Waals surface area contributed by atoms with Crippen molar-refractivity contribution in [2.75, 3.05) is 4.90 Å². The molecule has 0 fully saturated rings. The average molecular weight is 465 g/mol. The zero-order valence-corrected chi connectivity index (χ0v) is 20.1. The van der Waals surface area contributed by atoms with Crippen molar-refractivity contribution in [2.24, 2.45) is 0 Å². The maximum atomic E-state index is 13.8. The minimum absolute atomic E-state index is 0.162. The number of amides is 1. The molecule has 0 radical (unpaired) electrons. The number of hydrogen-bond donors (Lipinski definition) is 0. The van der Waals surface area contributed by atoms with E-state index in [-0.39, 0.29) is 5.91 Å². The van der Waals surface area contributed by atoms with Crippen LogP contribution in [0.15, 0.2) is 66.7 Å². The molecule has 1 amide bonds. The Hall–Kier alpha value is -2.89. The lowest BCUT2D eigenvalue weighted by molar-refractivity contribution is -0.131. The van der Waals surface area contributed by atoms with Gasteiger partial charge >= 0.3 is 0 Å². The van der Waals surface area contributed by atoms with Crippen molar-refractivity contribution in [3.8, 4) is 5.75 Å². The second kappa shape index (κ2) is 8.93. The first kappa shape index (κ1) is 22.3. The molecule has 0 aliphatic rings. The third kappa shape index (κ3) is 4.79. The van der Waals surface area contributed by atoms with Crippen LogP contribution in [0.25, 0.3) is 10.2 Å². The molecular formula is C26H25ClN2O2S. The molecular weight excluding hydrogens is 440 g/mol. The van der Waals surface area contributed by atoms with Gasteiger partial charge in [-0.15, -0.1) is 0 Å². The standard InChI is InChI=1S/C26H25ClN2O2S/c1-17-14-18(2)23-22(15-17)28-25(32-23)29(16-19-8-6-5-7-9-19)24(30)26(3,4)31-21-12-10-20(27)11-13-21/h5-15H,16H2,1-4H3. The highest BCUT2D eigenvalue weighted by molar-refractivity contribution is 7.22. The van der Waals surface area contributed by atoms with Gasteiger partial charge < -0.3 is 4.74 Å². The number of hydrogen-bond acceptors (Lipinski definition) is 4. The van der Waals surface area contributed by atoms with Crippen LogP contribution in [0.2, 0.25) is 5.02 Å².